The molecule has 1 saturated heterocycles. The summed E-state index contributed by atoms with van der Waals surface area (Å²) in [6.07, 6.45) is 5.58. The lowest BCUT2D eigenvalue weighted by molar-refractivity contribution is -0.150. The van der Waals surface area contributed by atoms with Crippen molar-refractivity contribution in [1.82, 2.24) is 19.4 Å². The molecular formula is C25H35BrN4O5. The Morgan fingerprint density at radius 1 is 1.31 bits per heavy atom. The number of fused-ring (bicyclic) bond motifs is 1. The van der Waals surface area contributed by atoms with Gasteiger partial charge in [-0.15, -0.1) is 0 Å². The minimum Gasteiger partial charge on any atom is -0.444 e. The number of rotatable bonds is 8. The van der Waals surface area contributed by atoms with Crippen LogP contribution in [0.1, 0.15) is 45.6 Å². The molecule has 1 aliphatic carbocycles. The van der Waals surface area contributed by atoms with Crippen LogP contribution < -0.4 is 0 Å². The van der Waals surface area contributed by atoms with Gasteiger partial charge in [0.15, 0.2) is 6.10 Å². The fourth-order valence-corrected chi connectivity index (χ4v) is 4.91. The van der Waals surface area contributed by atoms with Crippen molar-refractivity contribution in [2.24, 2.45) is 0 Å². The van der Waals surface area contributed by atoms with E-state index < -0.39 is 17.8 Å². The molecule has 2 fully saturated rings. The Morgan fingerprint density at radius 3 is 2.77 bits per heavy atom. The molecule has 2 aromatic heterocycles. The molecular weight excluding hydrogens is 516 g/mol. The van der Waals surface area contributed by atoms with E-state index in [1.54, 1.807) is 18.2 Å². The number of hydrogen-bond acceptors (Lipinski definition) is 6. The van der Waals surface area contributed by atoms with Gasteiger partial charge in [0.1, 0.15) is 11.2 Å². The molecule has 3 heterocycles. The fourth-order valence-electron chi connectivity index (χ4n) is 4.36. The average Bonchev–Trinajstić information content (AvgIpc) is 3.59. The SMILES string of the molecule is COCCCn1cc(CN(C(=O)C2CN(C(=O)OC(C)(C)C)CCO2)C2CC2)c2c(Br)ccnc21. The van der Waals surface area contributed by atoms with Crippen molar-refractivity contribution in [3.8, 4) is 0 Å². The number of aromatic nitrogens is 2. The van der Waals surface area contributed by atoms with Crippen molar-refractivity contribution >= 4 is 39.0 Å². The largest absolute Gasteiger partial charge is 0.444 e. The number of carbonyl (C=O) groups excluding carboxylic acids is 2. The summed E-state index contributed by atoms with van der Waals surface area (Å²) in [4.78, 5) is 34.3. The number of hydrogen-bond donors (Lipinski definition) is 0. The van der Waals surface area contributed by atoms with Crippen LogP contribution in [0.2, 0.25) is 0 Å². The van der Waals surface area contributed by atoms with Gasteiger partial charge in [-0.05, 0) is 67.6 Å². The van der Waals surface area contributed by atoms with Crippen molar-refractivity contribution in [1.29, 1.82) is 0 Å². The predicted molar refractivity (Wildman–Crippen MR) is 135 cm³/mol. The van der Waals surface area contributed by atoms with Crippen LogP contribution in [0.5, 0.6) is 0 Å². The summed E-state index contributed by atoms with van der Waals surface area (Å²) >= 11 is 3.68. The normalized spacial score (nSPS) is 18.7. The van der Waals surface area contributed by atoms with Gasteiger partial charge in [0.05, 0.1) is 13.2 Å². The van der Waals surface area contributed by atoms with Gasteiger partial charge in [-0.25, -0.2) is 9.78 Å². The molecule has 35 heavy (non-hydrogen) atoms. The van der Waals surface area contributed by atoms with Crippen LogP contribution in [0, 0.1) is 0 Å². The number of nitrogens with zero attached hydrogens (tertiary/aromatic N) is 4. The van der Waals surface area contributed by atoms with Gasteiger partial charge in [-0.2, -0.15) is 0 Å². The monoisotopic (exact) mass is 550 g/mol. The van der Waals surface area contributed by atoms with E-state index in [1.165, 1.54) is 0 Å². The average molecular weight is 551 g/mol. The molecule has 1 unspecified atom stereocenters. The van der Waals surface area contributed by atoms with Crippen molar-refractivity contribution in [2.75, 3.05) is 33.4 Å². The number of amides is 2. The van der Waals surface area contributed by atoms with E-state index in [0.717, 1.165) is 46.9 Å². The lowest BCUT2D eigenvalue weighted by Crippen LogP contribution is -2.53. The van der Waals surface area contributed by atoms with E-state index in [1.807, 2.05) is 31.7 Å². The molecule has 0 radical (unpaired) electrons. The maximum Gasteiger partial charge on any atom is 0.410 e. The van der Waals surface area contributed by atoms with Gasteiger partial charge in [0.2, 0.25) is 0 Å². The van der Waals surface area contributed by atoms with Crippen molar-refractivity contribution < 1.29 is 23.8 Å². The van der Waals surface area contributed by atoms with E-state index >= 15 is 0 Å². The second-order valence-electron chi connectivity index (χ2n) is 10.2. The number of morpholine rings is 1. The number of halogens is 1. The Balaban J connectivity index is 1.53. The predicted octanol–water partition coefficient (Wildman–Crippen LogP) is 3.96. The molecule has 1 saturated carbocycles. The number of aryl methyl sites for hydroxylation is 1. The van der Waals surface area contributed by atoms with E-state index in [4.69, 9.17) is 14.2 Å². The summed E-state index contributed by atoms with van der Waals surface area (Å²) in [6.45, 7) is 8.34. The molecule has 0 bridgehead atoms. The highest BCUT2D eigenvalue weighted by Crippen LogP contribution is 2.34. The van der Waals surface area contributed by atoms with Gasteiger partial charge in [0.25, 0.3) is 5.91 Å². The van der Waals surface area contributed by atoms with Crippen LogP contribution in [-0.2, 0) is 32.1 Å². The molecule has 192 valence electrons. The van der Waals surface area contributed by atoms with Gasteiger partial charge in [-0.1, -0.05) is 0 Å². The van der Waals surface area contributed by atoms with E-state index in [2.05, 4.69) is 31.7 Å². The maximum atomic E-state index is 13.6. The fraction of sp³-hybridized carbons (Fsp3) is 0.640. The molecule has 0 aromatic carbocycles. The third-order valence-electron chi connectivity index (χ3n) is 6.14. The third kappa shape index (κ3) is 6.34. The number of methoxy groups -OCH3 is 1. The third-order valence-corrected chi connectivity index (χ3v) is 6.80. The lowest BCUT2D eigenvalue weighted by atomic mass is 10.1. The van der Waals surface area contributed by atoms with Crippen LogP contribution in [0.25, 0.3) is 11.0 Å². The second-order valence-corrected chi connectivity index (χ2v) is 11.0. The molecule has 10 heteroatoms. The van der Waals surface area contributed by atoms with Gasteiger partial charge < -0.3 is 28.6 Å². The van der Waals surface area contributed by atoms with Crippen LogP contribution in [0.3, 0.4) is 0 Å². The highest BCUT2D eigenvalue weighted by atomic mass is 79.9. The quantitative estimate of drug-likeness (QED) is 0.462. The van der Waals surface area contributed by atoms with Gasteiger partial charge in [0, 0.05) is 61.6 Å². The molecule has 9 nitrogen and oxygen atoms in total. The molecule has 2 amide bonds. The molecule has 0 N–H and O–H groups in total. The Morgan fingerprint density at radius 2 is 2.09 bits per heavy atom. The first kappa shape index (κ1) is 25.9. The van der Waals surface area contributed by atoms with Gasteiger partial charge in [-0.3, -0.25) is 4.79 Å². The van der Waals surface area contributed by atoms with Crippen molar-refractivity contribution in [3.63, 3.8) is 0 Å². The summed E-state index contributed by atoms with van der Waals surface area (Å²) in [7, 11) is 1.70. The molecule has 0 spiro atoms. The maximum absolute atomic E-state index is 13.6. The molecule has 2 aliphatic rings. The molecule has 1 aliphatic heterocycles. The van der Waals surface area contributed by atoms with Crippen molar-refractivity contribution in [2.45, 2.75) is 70.9 Å². The second kappa shape index (κ2) is 10.8. The highest BCUT2D eigenvalue weighted by Gasteiger charge is 2.40. The first-order valence-electron chi connectivity index (χ1n) is 12.2. The highest BCUT2D eigenvalue weighted by molar-refractivity contribution is 9.10. The Labute approximate surface area is 214 Å². The Kier molecular flexibility index (Phi) is 8.02. The lowest BCUT2D eigenvalue weighted by Gasteiger charge is -2.35. The van der Waals surface area contributed by atoms with Gasteiger partial charge >= 0.3 is 6.09 Å². The first-order valence-corrected chi connectivity index (χ1v) is 13.0. The van der Waals surface area contributed by atoms with Crippen molar-refractivity contribution in [3.05, 3.63) is 28.5 Å². The summed E-state index contributed by atoms with van der Waals surface area (Å²) in [5, 5.41) is 1.02. The van der Waals surface area contributed by atoms with E-state index in [-0.39, 0.29) is 18.5 Å². The number of ether oxygens (including phenoxy) is 3. The van der Waals surface area contributed by atoms with Crippen LogP contribution in [0.4, 0.5) is 4.79 Å². The molecule has 2 aromatic rings. The summed E-state index contributed by atoms with van der Waals surface area (Å²) in [6, 6.07) is 2.11. The number of pyridine rings is 1. The van der Waals surface area contributed by atoms with E-state index in [0.29, 0.717) is 26.3 Å². The summed E-state index contributed by atoms with van der Waals surface area (Å²) in [5.74, 6) is -0.0824. The zero-order valence-electron chi connectivity index (χ0n) is 21.0. The smallest absolute Gasteiger partial charge is 0.410 e. The Bertz CT molecular complexity index is 1060. The Hall–Kier alpha value is -2.17. The standard InChI is InChI=1S/C25H35BrN4O5/c1-25(2,3)35-24(32)29-11-13-34-20(16-29)23(31)30(18-6-7-18)15-17-14-28(10-5-12-33-4)22-21(17)19(26)8-9-27-22/h8-9,14,18,20H,5-7,10-13,15-16H2,1-4H3. The van der Waals surface area contributed by atoms with E-state index in [9.17, 15) is 9.59 Å². The topological polar surface area (TPSA) is 86.1 Å². The zero-order chi connectivity index (χ0) is 25.2. The van der Waals surface area contributed by atoms with Crippen LogP contribution in [-0.4, -0.2) is 82.5 Å². The molecule has 1 atom stereocenters. The van der Waals surface area contributed by atoms with Crippen LogP contribution >= 0.6 is 15.9 Å². The molecule has 4 rings (SSSR count). The minimum absolute atomic E-state index is 0.0824. The number of carbonyl (C=O) groups is 2. The zero-order valence-corrected chi connectivity index (χ0v) is 22.5. The van der Waals surface area contributed by atoms with Crippen LogP contribution in [0.15, 0.2) is 22.9 Å². The first-order chi connectivity index (χ1) is 16.7. The summed E-state index contributed by atoms with van der Waals surface area (Å²) < 4.78 is 19.7. The summed E-state index contributed by atoms with van der Waals surface area (Å²) in [5.41, 5.74) is 1.34. The minimum atomic E-state index is -0.700.